The van der Waals surface area contributed by atoms with Crippen molar-refractivity contribution in [3.8, 4) is 0 Å². The Balaban J connectivity index is 0.000000861. The van der Waals surface area contributed by atoms with Crippen LogP contribution < -0.4 is 5.32 Å². The molecular formula is C14H24N4O. The second-order valence-electron chi connectivity index (χ2n) is 4.61. The molecule has 0 saturated heterocycles. The highest BCUT2D eigenvalue weighted by Gasteiger charge is 2.14. The molecule has 0 unspecified atom stereocenters. The summed E-state index contributed by atoms with van der Waals surface area (Å²) in [5.74, 6) is 1.11. The Hall–Kier alpha value is -1.62. The summed E-state index contributed by atoms with van der Waals surface area (Å²) in [5, 5.41) is 13.5. The molecule has 0 aliphatic heterocycles. The van der Waals surface area contributed by atoms with E-state index in [1.807, 2.05) is 26.8 Å². The summed E-state index contributed by atoms with van der Waals surface area (Å²) in [6.45, 7) is 10.2. The molecule has 0 saturated carbocycles. The van der Waals surface area contributed by atoms with Gasteiger partial charge in [0.15, 0.2) is 0 Å². The third kappa shape index (κ3) is 3.67. The second kappa shape index (κ2) is 7.09. The molecule has 1 atom stereocenters. The summed E-state index contributed by atoms with van der Waals surface area (Å²) in [4.78, 5) is 11.6. The van der Waals surface area contributed by atoms with Gasteiger partial charge in [-0.3, -0.25) is 0 Å². The van der Waals surface area contributed by atoms with Gasteiger partial charge in [-0.05, 0) is 18.9 Å². The average molecular weight is 264 g/mol. The van der Waals surface area contributed by atoms with Crippen LogP contribution in [0.1, 0.15) is 33.4 Å². The van der Waals surface area contributed by atoms with Crippen molar-refractivity contribution < 1.29 is 5.11 Å². The lowest BCUT2D eigenvalue weighted by atomic mass is 10.1. The summed E-state index contributed by atoms with van der Waals surface area (Å²) in [6, 6.07) is 2.01. The third-order valence-electron chi connectivity index (χ3n) is 2.88. The number of aromatic amines is 1. The van der Waals surface area contributed by atoms with Crippen LogP contribution in [-0.4, -0.2) is 32.7 Å². The molecular weight excluding hydrogens is 240 g/mol. The maximum Gasteiger partial charge on any atom is 0.143 e. The first-order valence-electron chi connectivity index (χ1n) is 6.79. The lowest BCUT2D eigenvalue weighted by Gasteiger charge is -2.20. The predicted octanol–water partition coefficient (Wildman–Crippen LogP) is 2.72. The van der Waals surface area contributed by atoms with Crippen LogP contribution >= 0.6 is 0 Å². The van der Waals surface area contributed by atoms with Crippen molar-refractivity contribution >= 4 is 16.9 Å². The Kier molecular flexibility index (Phi) is 5.76. The topological polar surface area (TPSA) is 73.8 Å². The number of aromatic nitrogens is 3. The zero-order valence-electron chi connectivity index (χ0n) is 12.4. The Labute approximate surface area is 114 Å². The van der Waals surface area contributed by atoms with Gasteiger partial charge in [-0.25, -0.2) is 9.97 Å². The number of nitrogens with one attached hydrogen (secondary N) is 2. The van der Waals surface area contributed by atoms with Crippen molar-refractivity contribution in [3.63, 3.8) is 0 Å². The van der Waals surface area contributed by atoms with Gasteiger partial charge in [-0.1, -0.05) is 27.7 Å². The summed E-state index contributed by atoms with van der Waals surface area (Å²) in [6.07, 6.45) is 1.52. The smallest absolute Gasteiger partial charge is 0.143 e. The zero-order chi connectivity index (χ0) is 14.4. The summed E-state index contributed by atoms with van der Waals surface area (Å²) < 4.78 is 0. The lowest BCUT2D eigenvalue weighted by molar-refractivity contribution is 0.249. The number of hydrogen-bond donors (Lipinski definition) is 3. The van der Waals surface area contributed by atoms with E-state index in [0.717, 1.165) is 22.5 Å². The third-order valence-corrected chi connectivity index (χ3v) is 2.88. The monoisotopic (exact) mass is 264 g/mol. The van der Waals surface area contributed by atoms with Gasteiger partial charge in [0.25, 0.3) is 0 Å². The highest BCUT2D eigenvalue weighted by molar-refractivity contribution is 5.87. The van der Waals surface area contributed by atoms with Gasteiger partial charge in [0, 0.05) is 5.69 Å². The number of H-pyrrole nitrogens is 1. The van der Waals surface area contributed by atoms with Gasteiger partial charge in [-0.15, -0.1) is 0 Å². The maximum absolute atomic E-state index is 9.32. The predicted molar refractivity (Wildman–Crippen MR) is 79.3 cm³/mol. The fourth-order valence-electron chi connectivity index (χ4n) is 1.79. The summed E-state index contributed by atoms with van der Waals surface area (Å²) in [7, 11) is 0. The van der Waals surface area contributed by atoms with Crippen molar-refractivity contribution in [1.29, 1.82) is 0 Å². The van der Waals surface area contributed by atoms with E-state index >= 15 is 0 Å². The number of aryl methyl sites for hydroxylation is 1. The van der Waals surface area contributed by atoms with Gasteiger partial charge in [0.05, 0.1) is 18.0 Å². The van der Waals surface area contributed by atoms with Crippen LogP contribution in [0.5, 0.6) is 0 Å². The Bertz CT molecular complexity index is 507. The van der Waals surface area contributed by atoms with Crippen LogP contribution in [-0.2, 0) is 0 Å². The largest absolute Gasteiger partial charge is 0.394 e. The molecule has 0 aromatic carbocycles. The zero-order valence-corrected chi connectivity index (χ0v) is 12.4. The molecule has 0 aliphatic rings. The number of fused-ring (bicyclic) bond motifs is 1. The molecule has 106 valence electrons. The Morgan fingerprint density at radius 2 is 2.00 bits per heavy atom. The number of aliphatic hydroxyl groups is 1. The molecule has 19 heavy (non-hydrogen) atoms. The van der Waals surface area contributed by atoms with Gasteiger partial charge >= 0.3 is 0 Å². The maximum atomic E-state index is 9.32. The second-order valence-corrected chi connectivity index (χ2v) is 4.61. The van der Waals surface area contributed by atoms with E-state index in [-0.39, 0.29) is 12.6 Å². The van der Waals surface area contributed by atoms with Gasteiger partial charge in [0.2, 0.25) is 0 Å². The molecule has 0 spiro atoms. The average Bonchev–Trinajstić information content (AvgIpc) is 2.78. The molecule has 2 aromatic heterocycles. The van der Waals surface area contributed by atoms with Crippen molar-refractivity contribution in [2.75, 3.05) is 11.9 Å². The minimum atomic E-state index is 0.00306. The van der Waals surface area contributed by atoms with E-state index in [1.165, 1.54) is 6.33 Å². The molecule has 2 rings (SSSR count). The molecule has 3 N–H and O–H groups in total. The van der Waals surface area contributed by atoms with E-state index in [0.29, 0.717) is 5.92 Å². The SMILES string of the molecule is CC.Cc1cc2c(N[C@@H](CO)C(C)C)ncnc2[nH]1. The number of nitrogens with zero attached hydrogens (tertiary/aromatic N) is 2. The molecule has 0 bridgehead atoms. The minimum absolute atomic E-state index is 0.00306. The normalized spacial score (nSPS) is 12.2. The summed E-state index contributed by atoms with van der Waals surface area (Å²) in [5.41, 5.74) is 1.87. The first-order chi connectivity index (χ1) is 9.11. The van der Waals surface area contributed by atoms with E-state index in [1.54, 1.807) is 0 Å². The van der Waals surface area contributed by atoms with Gasteiger partial charge in [0.1, 0.15) is 17.8 Å². The van der Waals surface area contributed by atoms with Gasteiger partial charge in [-0.2, -0.15) is 0 Å². The first kappa shape index (κ1) is 15.4. The quantitative estimate of drug-likeness (QED) is 0.794. The molecule has 5 nitrogen and oxygen atoms in total. The minimum Gasteiger partial charge on any atom is -0.394 e. The molecule has 0 radical (unpaired) electrons. The van der Waals surface area contributed by atoms with Crippen LogP contribution in [0.2, 0.25) is 0 Å². The van der Waals surface area contributed by atoms with Gasteiger partial charge < -0.3 is 15.4 Å². The first-order valence-corrected chi connectivity index (χ1v) is 6.79. The van der Waals surface area contributed by atoms with Crippen molar-refractivity contribution in [2.45, 2.75) is 40.7 Å². The number of rotatable bonds is 4. The van der Waals surface area contributed by atoms with Crippen LogP contribution in [0, 0.1) is 12.8 Å². The number of aliphatic hydroxyl groups excluding tert-OH is 1. The van der Waals surface area contributed by atoms with Crippen molar-refractivity contribution in [2.24, 2.45) is 5.92 Å². The fraction of sp³-hybridized carbons (Fsp3) is 0.571. The number of hydrogen-bond acceptors (Lipinski definition) is 4. The molecule has 0 amide bonds. The lowest BCUT2D eigenvalue weighted by Crippen LogP contribution is -2.29. The standard InChI is InChI=1S/C12H18N4O.C2H6/c1-7(2)10(5-17)16-12-9-4-8(3)15-11(9)13-6-14-12;1-2/h4,6-7,10,17H,5H2,1-3H3,(H2,13,14,15,16);1-2H3/t10-;/m0./s1. The van der Waals surface area contributed by atoms with E-state index < -0.39 is 0 Å². The van der Waals surface area contributed by atoms with E-state index in [2.05, 4.69) is 34.1 Å². The Morgan fingerprint density at radius 3 is 2.58 bits per heavy atom. The van der Waals surface area contributed by atoms with Crippen LogP contribution in [0.15, 0.2) is 12.4 Å². The van der Waals surface area contributed by atoms with E-state index in [4.69, 9.17) is 0 Å². The molecule has 5 heteroatoms. The van der Waals surface area contributed by atoms with Crippen LogP contribution in [0.25, 0.3) is 11.0 Å². The fourth-order valence-corrected chi connectivity index (χ4v) is 1.79. The molecule has 2 aromatic rings. The molecule has 2 heterocycles. The number of anilines is 1. The van der Waals surface area contributed by atoms with Crippen LogP contribution in [0.4, 0.5) is 5.82 Å². The van der Waals surface area contributed by atoms with Crippen molar-refractivity contribution in [1.82, 2.24) is 15.0 Å². The molecule has 0 fully saturated rings. The van der Waals surface area contributed by atoms with Crippen molar-refractivity contribution in [3.05, 3.63) is 18.1 Å². The van der Waals surface area contributed by atoms with E-state index in [9.17, 15) is 5.11 Å². The Morgan fingerprint density at radius 1 is 1.32 bits per heavy atom. The highest BCUT2D eigenvalue weighted by atomic mass is 16.3. The van der Waals surface area contributed by atoms with Crippen LogP contribution in [0.3, 0.4) is 0 Å². The summed E-state index contributed by atoms with van der Waals surface area (Å²) >= 11 is 0. The molecule has 0 aliphatic carbocycles. The highest BCUT2D eigenvalue weighted by Crippen LogP contribution is 2.21.